The highest BCUT2D eigenvalue weighted by molar-refractivity contribution is 7.89. The molecule has 8 heteroatoms. The minimum Gasteiger partial charge on any atom is -0.214 e. The van der Waals surface area contributed by atoms with E-state index in [1.807, 2.05) is 0 Å². The van der Waals surface area contributed by atoms with Crippen LogP contribution >= 0.6 is 0 Å². The summed E-state index contributed by atoms with van der Waals surface area (Å²) in [5, 5.41) is 0. The van der Waals surface area contributed by atoms with E-state index in [2.05, 4.69) is 4.72 Å². The summed E-state index contributed by atoms with van der Waals surface area (Å²) in [5.41, 5.74) is 0. The zero-order valence-electron chi connectivity index (χ0n) is 11.6. The second-order valence-electron chi connectivity index (χ2n) is 4.96. The lowest BCUT2D eigenvalue weighted by Gasteiger charge is -2.32. The Morgan fingerprint density at radius 3 is 2.16 bits per heavy atom. The van der Waals surface area contributed by atoms with E-state index in [1.54, 1.807) is 6.92 Å². The van der Waals surface area contributed by atoms with Crippen LogP contribution in [0.3, 0.4) is 0 Å². The van der Waals surface area contributed by atoms with Gasteiger partial charge in [-0.2, -0.15) is 4.31 Å². The summed E-state index contributed by atoms with van der Waals surface area (Å²) in [6.07, 6.45) is 6.16. The predicted molar refractivity (Wildman–Crippen MR) is 75.9 cm³/mol. The van der Waals surface area contributed by atoms with Crippen LogP contribution in [0.5, 0.6) is 0 Å². The SMILES string of the molecule is CCS(=O)(=O)NCCN(C1CCCCC1)S(C)(=O)=O. The fourth-order valence-corrected chi connectivity index (χ4v) is 4.18. The van der Waals surface area contributed by atoms with Gasteiger partial charge < -0.3 is 0 Å². The van der Waals surface area contributed by atoms with E-state index in [-0.39, 0.29) is 24.9 Å². The average molecular weight is 312 g/mol. The van der Waals surface area contributed by atoms with E-state index in [1.165, 1.54) is 10.6 Å². The fraction of sp³-hybridized carbons (Fsp3) is 1.00. The van der Waals surface area contributed by atoms with E-state index in [0.717, 1.165) is 32.1 Å². The van der Waals surface area contributed by atoms with E-state index in [4.69, 9.17) is 0 Å². The third-order valence-electron chi connectivity index (χ3n) is 3.44. The maximum absolute atomic E-state index is 11.8. The van der Waals surface area contributed by atoms with Crippen molar-refractivity contribution in [2.24, 2.45) is 0 Å². The smallest absolute Gasteiger partial charge is 0.211 e. The lowest BCUT2D eigenvalue weighted by Crippen LogP contribution is -2.45. The van der Waals surface area contributed by atoms with Crippen LogP contribution in [0, 0.1) is 0 Å². The van der Waals surface area contributed by atoms with Gasteiger partial charge in [0, 0.05) is 19.1 Å². The fourth-order valence-electron chi connectivity index (χ4n) is 2.40. The predicted octanol–water partition coefficient (Wildman–Crippen LogP) is 0.520. The highest BCUT2D eigenvalue weighted by atomic mass is 32.2. The van der Waals surface area contributed by atoms with Gasteiger partial charge >= 0.3 is 0 Å². The summed E-state index contributed by atoms with van der Waals surface area (Å²) in [6.45, 7) is 1.90. The summed E-state index contributed by atoms with van der Waals surface area (Å²) in [5.74, 6) is 0.00923. The van der Waals surface area contributed by atoms with Gasteiger partial charge in [0.25, 0.3) is 0 Å². The van der Waals surface area contributed by atoms with Gasteiger partial charge in [-0.1, -0.05) is 19.3 Å². The van der Waals surface area contributed by atoms with Crippen LogP contribution < -0.4 is 4.72 Å². The lowest BCUT2D eigenvalue weighted by molar-refractivity contribution is 0.257. The van der Waals surface area contributed by atoms with Crippen molar-refractivity contribution in [1.29, 1.82) is 0 Å². The molecular weight excluding hydrogens is 288 g/mol. The molecular formula is C11H24N2O4S2. The van der Waals surface area contributed by atoms with Gasteiger partial charge in [0.1, 0.15) is 0 Å². The molecule has 114 valence electrons. The van der Waals surface area contributed by atoms with Gasteiger partial charge in [0.05, 0.1) is 12.0 Å². The zero-order valence-corrected chi connectivity index (χ0v) is 13.3. The Hall–Kier alpha value is -0.180. The van der Waals surface area contributed by atoms with E-state index >= 15 is 0 Å². The third kappa shape index (κ3) is 5.76. The van der Waals surface area contributed by atoms with Crippen molar-refractivity contribution in [3.05, 3.63) is 0 Å². The lowest BCUT2D eigenvalue weighted by atomic mass is 9.95. The van der Waals surface area contributed by atoms with Crippen LogP contribution in [0.15, 0.2) is 0 Å². The van der Waals surface area contributed by atoms with Gasteiger partial charge in [-0.15, -0.1) is 0 Å². The molecule has 1 aliphatic rings. The minimum absolute atomic E-state index is 0.00923. The molecule has 0 unspecified atom stereocenters. The van der Waals surface area contributed by atoms with E-state index < -0.39 is 20.0 Å². The molecule has 1 rings (SSSR count). The third-order valence-corrected chi connectivity index (χ3v) is 6.18. The summed E-state index contributed by atoms with van der Waals surface area (Å²) < 4.78 is 50.1. The molecule has 0 aromatic carbocycles. The van der Waals surface area contributed by atoms with Crippen LogP contribution in [0.2, 0.25) is 0 Å². The Bertz CT molecular complexity index is 467. The van der Waals surface area contributed by atoms with Crippen LogP contribution in [-0.2, 0) is 20.0 Å². The molecule has 0 amide bonds. The molecule has 1 fully saturated rings. The molecule has 0 heterocycles. The Morgan fingerprint density at radius 2 is 1.68 bits per heavy atom. The van der Waals surface area contributed by atoms with Crippen LogP contribution in [-0.4, -0.2) is 52.3 Å². The number of nitrogens with zero attached hydrogens (tertiary/aromatic N) is 1. The zero-order chi connectivity index (χ0) is 14.5. The average Bonchev–Trinajstić information content (AvgIpc) is 2.34. The molecule has 0 aromatic rings. The Kier molecular flexibility index (Phi) is 6.22. The molecule has 0 saturated heterocycles. The van der Waals surface area contributed by atoms with Crippen molar-refractivity contribution >= 4 is 20.0 Å². The summed E-state index contributed by atoms with van der Waals surface area (Å²) in [7, 11) is -6.55. The molecule has 0 radical (unpaired) electrons. The normalized spacial score (nSPS) is 18.9. The first-order chi connectivity index (χ1) is 8.76. The van der Waals surface area contributed by atoms with Gasteiger partial charge in [-0.3, -0.25) is 0 Å². The van der Waals surface area contributed by atoms with Gasteiger partial charge in [0.15, 0.2) is 0 Å². The van der Waals surface area contributed by atoms with Crippen LogP contribution in [0.4, 0.5) is 0 Å². The van der Waals surface area contributed by atoms with Gasteiger partial charge in [-0.25, -0.2) is 21.6 Å². The van der Waals surface area contributed by atoms with Crippen molar-refractivity contribution < 1.29 is 16.8 Å². The van der Waals surface area contributed by atoms with E-state index in [0.29, 0.717) is 0 Å². The second-order valence-corrected chi connectivity index (χ2v) is 8.99. The highest BCUT2D eigenvalue weighted by Gasteiger charge is 2.27. The first kappa shape index (κ1) is 16.9. The summed E-state index contributed by atoms with van der Waals surface area (Å²) in [6, 6.07) is 0.0230. The maximum Gasteiger partial charge on any atom is 0.211 e. The Labute approximate surface area is 116 Å². The monoisotopic (exact) mass is 312 g/mol. The number of nitrogens with one attached hydrogen (secondary N) is 1. The molecule has 6 nitrogen and oxygen atoms in total. The summed E-state index contributed by atoms with van der Waals surface area (Å²) >= 11 is 0. The van der Waals surface area contributed by atoms with Gasteiger partial charge in [-0.05, 0) is 19.8 Å². The molecule has 1 saturated carbocycles. The molecule has 1 aliphatic carbocycles. The molecule has 1 N–H and O–H groups in total. The van der Waals surface area contributed by atoms with Gasteiger partial charge in [0.2, 0.25) is 20.0 Å². The minimum atomic E-state index is -3.29. The number of hydrogen-bond acceptors (Lipinski definition) is 4. The molecule has 0 atom stereocenters. The van der Waals surface area contributed by atoms with Crippen molar-refractivity contribution in [3.63, 3.8) is 0 Å². The Balaban J connectivity index is 2.61. The van der Waals surface area contributed by atoms with Crippen molar-refractivity contribution in [2.75, 3.05) is 25.1 Å². The molecule has 0 aliphatic heterocycles. The van der Waals surface area contributed by atoms with Crippen molar-refractivity contribution in [1.82, 2.24) is 9.03 Å². The first-order valence-corrected chi connectivity index (χ1v) is 10.2. The molecule has 0 bridgehead atoms. The van der Waals surface area contributed by atoms with Crippen LogP contribution in [0.25, 0.3) is 0 Å². The standard InChI is InChI=1S/C11H24N2O4S2/c1-3-19(16,17)12-9-10-13(18(2,14)15)11-7-5-4-6-8-11/h11-12H,3-10H2,1-2H3. The van der Waals surface area contributed by atoms with E-state index in [9.17, 15) is 16.8 Å². The highest BCUT2D eigenvalue weighted by Crippen LogP contribution is 2.23. The topological polar surface area (TPSA) is 83.6 Å². The number of hydrogen-bond donors (Lipinski definition) is 1. The maximum atomic E-state index is 11.8. The largest absolute Gasteiger partial charge is 0.214 e. The first-order valence-electron chi connectivity index (χ1n) is 6.70. The molecule has 0 spiro atoms. The summed E-state index contributed by atoms with van der Waals surface area (Å²) in [4.78, 5) is 0. The van der Waals surface area contributed by atoms with Crippen molar-refractivity contribution in [3.8, 4) is 0 Å². The number of rotatable bonds is 7. The molecule has 0 aromatic heterocycles. The second kappa shape index (κ2) is 7.01. The van der Waals surface area contributed by atoms with Crippen molar-refractivity contribution in [2.45, 2.75) is 45.1 Å². The Morgan fingerprint density at radius 1 is 1.11 bits per heavy atom. The number of sulfonamides is 2. The van der Waals surface area contributed by atoms with Crippen LogP contribution in [0.1, 0.15) is 39.0 Å². The molecule has 19 heavy (non-hydrogen) atoms. The quantitative estimate of drug-likeness (QED) is 0.743.